The molecule has 0 saturated heterocycles. The lowest BCUT2D eigenvalue weighted by molar-refractivity contribution is -0.147. The highest BCUT2D eigenvalue weighted by atomic mass is 35.5. The van der Waals surface area contributed by atoms with Gasteiger partial charge in [-0.05, 0) is 44.4 Å². The predicted molar refractivity (Wildman–Crippen MR) is 110 cm³/mol. The van der Waals surface area contributed by atoms with Gasteiger partial charge in [-0.15, -0.1) is 21.5 Å². The second-order valence-electron chi connectivity index (χ2n) is 6.82. The molecule has 28 heavy (non-hydrogen) atoms. The Balaban J connectivity index is 1.85. The van der Waals surface area contributed by atoms with Gasteiger partial charge in [0.15, 0.2) is 5.82 Å². The van der Waals surface area contributed by atoms with Crippen molar-refractivity contribution in [2.45, 2.75) is 39.3 Å². The number of hydrogen-bond acceptors (Lipinski definition) is 6. The van der Waals surface area contributed by atoms with Crippen LogP contribution in [0.15, 0.2) is 40.7 Å². The fourth-order valence-electron chi connectivity index (χ4n) is 3.23. The molecule has 0 saturated carbocycles. The molecule has 6 nitrogen and oxygen atoms in total. The lowest BCUT2D eigenvalue weighted by Crippen LogP contribution is -2.16. The van der Waals surface area contributed by atoms with Crippen molar-refractivity contribution in [2.75, 3.05) is 0 Å². The van der Waals surface area contributed by atoms with Gasteiger partial charge in [-0.25, -0.2) is 0 Å². The van der Waals surface area contributed by atoms with Crippen LogP contribution in [0.2, 0.25) is 5.02 Å². The van der Waals surface area contributed by atoms with E-state index in [1.807, 2.05) is 61.1 Å². The Morgan fingerprint density at radius 2 is 2.00 bits per heavy atom. The highest BCUT2D eigenvalue weighted by Crippen LogP contribution is 2.35. The molecule has 0 amide bonds. The molecule has 0 bridgehead atoms. The number of esters is 1. The molecule has 0 fully saturated rings. The molecule has 4 rings (SSSR count). The lowest BCUT2D eigenvalue weighted by Gasteiger charge is -2.13. The number of aromatic nitrogens is 3. The molecule has 3 aromatic rings. The first-order valence-corrected chi connectivity index (χ1v) is 10.2. The first kappa shape index (κ1) is 18.8. The molecule has 1 aliphatic rings. The number of ether oxygens (including phenoxy) is 1. The fraction of sp³-hybridized carbons (Fsp3) is 0.300. The number of hydrogen-bond donors (Lipinski definition) is 0. The molecule has 0 radical (unpaired) electrons. The topological polar surface area (TPSA) is 69.4 Å². The van der Waals surface area contributed by atoms with Crippen molar-refractivity contribution in [1.82, 2.24) is 14.8 Å². The zero-order valence-corrected chi connectivity index (χ0v) is 17.3. The van der Waals surface area contributed by atoms with E-state index in [-0.39, 0.29) is 18.5 Å². The third-order valence-corrected chi connectivity index (χ3v) is 5.53. The van der Waals surface area contributed by atoms with Crippen LogP contribution in [-0.4, -0.2) is 32.5 Å². The second-order valence-corrected chi connectivity index (χ2v) is 8.15. The largest absolute Gasteiger partial charge is 0.463 e. The standard InChI is InChI=1S/C20H19ClN4O2S/c1-11(2)27-17(26)10-16-19-24-23-12(3)25(19)20-15(8-9-28-20)18(22-16)13-4-6-14(21)7-5-13/h4-9,11,16H,10H2,1-3H3/t16-/m0/s1. The van der Waals surface area contributed by atoms with Gasteiger partial charge in [-0.2, -0.15) is 0 Å². The molecular weight excluding hydrogens is 396 g/mol. The smallest absolute Gasteiger partial charge is 0.308 e. The van der Waals surface area contributed by atoms with Crippen molar-refractivity contribution in [3.63, 3.8) is 0 Å². The molecule has 0 unspecified atom stereocenters. The number of fused-ring (bicyclic) bond motifs is 3. The molecule has 1 aliphatic heterocycles. The average molecular weight is 415 g/mol. The van der Waals surface area contributed by atoms with Crippen LogP contribution in [0.25, 0.3) is 5.00 Å². The van der Waals surface area contributed by atoms with E-state index in [0.29, 0.717) is 10.8 Å². The number of benzene rings is 1. The Bertz CT molecular complexity index is 1050. The molecule has 1 aromatic carbocycles. The third-order valence-electron chi connectivity index (χ3n) is 4.38. The Morgan fingerprint density at radius 3 is 2.71 bits per heavy atom. The summed E-state index contributed by atoms with van der Waals surface area (Å²) in [4.78, 5) is 17.3. The van der Waals surface area contributed by atoms with Gasteiger partial charge in [0.2, 0.25) is 0 Å². The van der Waals surface area contributed by atoms with E-state index >= 15 is 0 Å². The molecule has 3 heterocycles. The maximum Gasteiger partial charge on any atom is 0.308 e. The van der Waals surface area contributed by atoms with Gasteiger partial charge in [0.25, 0.3) is 0 Å². The summed E-state index contributed by atoms with van der Waals surface area (Å²) in [6.45, 7) is 5.56. The van der Waals surface area contributed by atoms with E-state index in [4.69, 9.17) is 21.3 Å². The summed E-state index contributed by atoms with van der Waals surface area (Å²) < 4.78 is 7.34. The maximum absolute atomic E-state index is 12.4. The summed E-state index contributed by atoms with van der Waals surface area (Å²) >= 11 is 7.66. The number of halogens is 1. The van der Waals surface area contributed by atoms with Crippen LogP contribution in [0.1, 0.15) is 49.1 Å². The number of aliphatic imine (C=N–C) groups is 1. The number of carbonyl (C=O) groups excluding carboxylic acids is 1. The summed E-state index contributed by atoms with van der Waals surface area (Å²) in [6, 6.07) is 9.09. The summed E-state index contributed by atoms with van der Waals surface area (Å²) in [5.41, 5.74) is 2.72. The van der Waals surface area contributed by atoms with E-state index in [9.17, 15) is 4.79 Å². The predicted octanol–water partition coefficient (Wildman–Crippen LogP) is 4.52. The van der Waals surface area contributed by atoms with Crippen LogP contribution in [0.5, 0.6) is 0 Å². The van der Waals surface area contributed by atoms with Gasteiger partial charge < -0.3 is 4.74 Å². The van der Waals surface area contributed by atoms with Gasteiger partial charge in [-0.3, -0.25) is 14.4 Å². The Labute approximate surface area is 171 Å². The number of rotatable bonds is 4. The molecule has 8 heteroatoms. The van der Waals surface area contributed by atoms with E-state index in [1.54, 1.807) is 11.3 Å². The molecule has 1 atom stereocenters. The van der Waals surface area contributed by atoms with Crippen LogP contribution < -0.4 is 0 Å². The van der Waals surface area contributed by atoms with Gasteiger partial charge in [0.05, 0.1) is 18.2 Å². The van der Waals surface area contributed by atoms with Crippen LogP contribution in [0, 0.1) is 6.92 Å². The summed E-state index contributed by atoms with van der Waals surface area (Å²) in [5, 5.41) is 12.2. The van der Waals surface area contributed by atoms with Crippen molar-refractivity contribution >= 4 is 34.6 Å². The summed E-state index contributed by atoms with van der Waals surface area (Å²) in [6.07, 6.45) is -0.0817. The first-order valence-electron chi connectivity index (χ1n) is 8.97. The SMILES string of the molecule is Cc1nnc2n1-c1sccc1C(c1ccc(Cl)cc1)=N[C@H]2CC(=O)OC(C)C. The number of thiophene rings is 1. The van der Waals surface area contributed by atoms with Crippen LogP contribution >= 0.6 is 22.9 Å². The zero-order chi connectivity index (χ0) is 19.8. The van der Waals surface area contributed by atoms with Gasteiger partial charge in [-0.1, -0.05) is 23.7 Å². The number of carbonyl (C=O) groups is 1. The molecule has 2 aromatic heterocycles. The monoisotopic (exact) mass is 414 g/mol. The maximum atomic E-state index is 12.4. The van der Waals surface area contributed by atoms with Gasteiger partial charge >= 0.3 is 5.97 Å². The van der Waals surface area contributed by atoms with Crippen molar-refractivity contribution in [1.29, 1.82) is 0 Å². The molecule has 144 valence electrons. The minimum Gasteiger partial charge on any atom is -0.463 e. The number of aryl methyl sites for hydroxylation is 1. The summed E-state index contributed by atoms with van der Waals surface area (Å²) in [7, 11) is 0. The van der Waals surface area contributed by atoms with Gasteiger partial charge in [0.1, 0.15) is 16.9 Å². The minimum atomic E-state index is -0.488. The van der Waals surface area contributed by atoms with Crippen LogP contribution in [0.3, 0.4) is 0 Å². The Kier molecular flexibility index (Phi) is 5.03. The zero-order valence-electron chi connectivity index (χ0n) is 15.7. The summed E-state index contributed by atoms with van der Waals surface area (Å²) in [5.74, 6) is 1.09. The molecular formula is C20H19ClN4O2S. The highest BCUT2D eigenvalue weighted by molar-refractivity contribution is 7.13. The van der Waals surface area contributed by atoms with Crippen molar-refractivity contribution in [3.8, 4) is 5.00 Å². The van der Waals surface area contributed by atoms with E-state index in [0.717, 1.165) is 27.7 Å². The Hall–Kier alpha value is -2.51. The van der Waals surface area contributed by atoms with Crippen LogP contribution in [0.4, 0.5) is 0 Å². The molecule has 0 N–H and O–H groups in total. The molecule has 0 spiro atoms. The van der Waals surface area contributed by atoms with E-state index < -0.39 is 6.04 Å². The van der Waals surface area contributed by atoms with E-state index in [2.05, 4.69) is 10.2 Å². The highest BCUT2D eigenvalue weighted by Gasteiger charge is 2.30. The van der Waals surface area contributed by atoms with Crippen molar-refractivity contribution in [3.05, 3.63) is 63.5 Å². The first-order chi connectivity index (χ1) is 13.4. The third kappa shape index (κ3) is 3.47. The lowest BCUT2D eigenvalue weighted by atomic mass is 10.0. The quantitative estimate of drug-likeness (QED) is 0.588. The van der Waals surface area contributed by atoms with Crippen LogP contribution in [-0.2, 0) is 9.53 Å². The minimum absolute atomic E-state index is 0.0995. The molecule has 0 aliphatic carbocycles. The van der Waals surface area contributed by atoms with Crippen molar-refractivity contribution in [2.24, 2.45) is 4.99 Å². The Morgan fingerprint density at radius 1 is 1.25 bits per heavy atom. The van der Waals surface area contributed by atoms with Gasteiger partial charge in [0, 0.05) is 16.1 Å². The average Bonchev–Trinajstić information content (AvgIpc) is 3.22. The second kappa shape index (κ2) is 7.48. The number of nitrogens with zero attached hydrogens (tertiary/aromatic N) is 4. The van der Waals surface area contributed by atoms with E-state index in [1.165, 1.54) is 0 Å². The van der Waals surface area contributed by atoms with Crippen molar-refractivity contribution < 1.29 is 9.53 Å². The normalized spacial score (nSPS) is 15.6. The fourth-order valence-corrected chi connectivity index (χ4v) is 4.31.